The zero-order valence-electron chi connectivity index (χ0n) is 9.77. The van der Waals surface area contributed by atoms with Crippen LogP contribution in [0.25, 0.3) is 0 Å². The number of allylic oxidation sites excluding steroid dienone is 4. The lowest BCUT2D eigenvalue weighted by atomic mass is 9.96. The van der Waals surface area contributed by atoms with Crippen molar-refractivity contribution in [2.75, 3.05) is 0 Å². The minimum atomic E-state index is 0.718. The number of nitrogens with two attached hydrogens (primary N) is 1. The van der Waals surface area contributed by atoms with Crippen LogP contribution >= 0.6 is 0 Å². The molecule has 0 fully saturated rings. The van der Waals surface area contributed by atoms with E-state index < -0.39 is 0 Å². The van der Waals surface area contributed by atoms with E-state index in [1.54, 1.807) is 5.57 Å². The first kappa shape index (κ1) is 11.4. The highest BCUT2D eigenvalue weighted by Gasteiger charge is 2.12. The Morgan fingerprint density at radius 2 is 2.14 bits per heavy atom. The van der Waals surface area contributed by atoms with Crippen LogP contribution in [0, 0.1) is 5.92 Å². The average molecular weight is 193 g/mol. The Labute approximate surface area is 88.1 Å². The summed E-state index contributed by atoms with van der Waals surface area (Å²) in [6, 6.07) is 0. The second-order valence-electron chi connectivity index (χ2n) is 4.63. The first-order valence-electron chi connectivity index (χ1n) is 5.78. The lowest BCUT2D eigenvalue weighted by Crippen LogP contribution is -2.04. The van der Waals surface area contributed by atoms with Gasteiger partial charge in [-0.15, -0.1) is 0 Å². The molecule has 0 aliphatic heterocycles. The summed E-state index contributed by atoms with van der Waals surface area (Å²) in [6.45, 7) is 6.68. The van der Waals surface area contributed by atoms with Crippen LogP contribution in [-0.2, 0) is 0 Å². The van der Waals surface area contributed by atoms with E-state index in [-0.39, 0.29) is 0 Å². The van der Waals surface area contributed by atoms with E-state index in [0.29, 0.717) is 0 Å². The van der Waals surface area contributed by atoms with Crippen LogP contribution < -0.4 is 5.73 Å². The van der Waals surface area contributed by atoms with Crippen molar-refractivity contribution in [2.24, 2.45) is 11.7 Å². The highest BCUT2D eigenvalue weighted by Crippen LogP contribution is 2.27. The maximum atomic E-state index is 5.99. The number of unbranched alkanes of at least 4 members (excludes halogenated alkanes) is 1. The van der Waals surface area contributed by atoms with Gasteiger partial charge in [0.15, 0.2) is 0 Å². The van der Waals surface area contributed by atoms with Crippen LogP contribution in [0.1, 0.15) is 52.9 Å². The van der Waals surface area contributed by atoms with Crippen molar-refractivity contribution >= 4 is 0 Å². The maximum Gasteiger partial charge on any atom is 0.0113 e. The van der Waals surface area contributed by atoms with E-state index in [4.69, 9.17) is 5.73 Å². The van der Waals surface area contributed by atoms with Gasteiger partial charge in [-0.2, -0.15) is 0 Å². The lowest BCUT2D eigenvalue weighted by molar-refractivity contribution is 0.557. The van der Waals surface area contributed by atoms with Crippen molar-refractivity contribution in [3.05, 3.63) is 22.9 Å². The molecular formula is C13H23N. The minimum Gasteiger partial charge on any atom is -0.402 e. The summed E-state index contributed by atoms with van der Waals surface area (Å²) < 4.78 is 0. The fourth-order valence-electron chi connectivity index (χ4n) is 2.09. The molecule has 0 aromatic rings. The molecule has 1 aliphatic carbocycles. The summed E-state index contributed by atoms with van der Waals surface area (Å²) in [5, 5.41) is 0. The molecular weight excluding hydrogens is 170 g/mol. The molecule has 0 saturated heterocycles. The van der Waals surface area contributed by atoms with E-state index in [9.17, 15) is 0 Å². The van der Waals surface area contributed by atoms with Crippen LogP contribution in [0.5, 0.6) is 0 Å². The molecule has 1 nitrogen and oxygen atoms in total. The van der Waals surface area contributed by atoms with E-state index in [2.05, 4.69) is 26.8 Å². The van der Waals surface area contributed by atoms with Crippen LogP contribution in [0.15, 0.2) is 22.9 Å². The minimum absolute atomic E-state index is 0.718. The highest BCUT2D eigenvalue weighted by molar-refractivity contribution is 5.28. The van der Waals surface area contributed by atoms with Crippen molar-refractivity contribution in [2.45, 2.75) is 52.9 Å². The van der Waals surface area contributed by atoms with E-state index >= 15 is 0 Å². The molecule has 1 aliphatic rings. The summed E-state index contributed by atoms with van der Waals surface area (Å²) in [5.41, 5.74) is 9.97. The van der Waals surface area contributed by atoms with Gasteiger partial charge >= 0.3 is 0 Å². The Kier molecular flexibility index (Phi) is 4.24. The van der Waals surface area contributed by atoms with Gasteiger partial charge in [-0.05, 0) is 44.1 Å². The fraction of sp³-hybridized carbons (Fsp3) is 0.692. The predicted octanol–water partition coefficient (Wildman–Crippen LogP) is 3.77. The SMILES string of the molecule is CCCCC1=CC(C)=C(N)CC(C)C1. The average Bonchev–Trinajstić information content (AvgIpc) is 2.23. The van der Waals surface area contributed by atoms with Gasteiger partial charge in [0, 0.05) is 5.70 Å². The topological polar surface area (TPSA) is 26.0 Å². The summed E-state index contributed by atoms with van der Waals surface area (Å²) in [4.78, 5) is 0. The maximum absolute atomic E-state index is 5.99. The second-order valence-corrected chi connectivity index (χ2v) is 4.63. The Balaban J connectivity index is 2.69. The number of rotatable bonds is 3. The Hall–Kier alpha value is -0.720. The molecule has 1 rings (SSSR count). The molecule has 1 unspecified atom stereocenters. The van der Waals surface area contributed by atoms with Gasteiger partial charge in [0.25, 0.3) is 0 Å². The standard InChI is InChI=1S/C13H23N/c1-4-5-6-12-7-10(2)8-13(14)11(3)9-12/h9-10H,4-8,14H2,1-3H3. The third-order valence-electron chi connectivity index (χ3n) is 2.96. The molecule has 0 spiro atoms. The zero-order valence-corrected chi connectivity index (χ0v) is 9.77. The zero-order chi connectivity index (χ0) is 10.6. The first-order chi connectivity index (χ1) is 6.63. The summed E-state index contributed by atoms with van der Waals surface area (Å²) in [7, 11) is 0. The monoisotopic (exact) mass is 193 g/mol. The predicted molar refractivity (Wildman–Crippen MR) is 62.9 cm³/mol. The lowest BCUT2D eigenvalue weighted by Gasteiger charge is -2.10. The van der Waals surface area contributed by atoms with Crippen molar-refractivity contribution in [1.29, 1.82) is 0 Å². The van der Waals surface area contributed by atoms with Crippen LogP contribution in [0.2, 0.25) is 0 Å². The normalized spacial score (nSPS) is 23.4. The van der Waals surface area contributed by atoms with Crippen LogP contribution in [0.3, 0.4) is 0 Å². The van der Waals surface area contributed by atoms with Gasteiger partial charge in [0.1, 0.15) is 0 Å². The summed E-state index contributed by atoms with van der Waals surface area (Å²) in [5.74, 6) is 0.718. The van der Waals surface area contributed by atoms with Crippen molar-refractivity contribution in [3.8, 4) is 0 Å². The second kappa shape index (κ2) is 5.23. The summed E-state index contributed by atoms with van der Waals surface area (Å²) >= 11 is 0. The third-order valence-corrected chi connectivity index (χ3v) is 2.96. The highest BCUT2D eigenvalue weighted by atomic mass is 14.6. The van der Waals surface area contributed by atoms with Gasteiger partial charge in [-0.3, -0.25) is 0 Å². The third kappa shape index (κ3) is 3.21. The van der Waals surface area contributed by atoms with Gasteiger partial charge < -0.3 is 5.73 Å². The molecule has 80 valence electrons. The van der Waals surface area contributed by atoms with E-state index in [1.807, 2.05) is 0 Å². The molecule has 14 heavy (non-hydrogen) atoms. The van der Waals surface area contributed by atoms with Crippen molar-refractivity contribution < 1.29 is 0 Å². The quantitative estimate of drug-likeness (QED) is 0.725. The number of hydrogen-bond donors (Lipinski definition) is 1. The van der Waals surface area contributed by atoms with Gasteiger partial charge in [-0.1, -0.05) is 31.9 Å². The molecule has 0 bridgehead atoms. The molecule has 0 aromatic carbocycles. The molecule has 0 heterocycles. The molecule has 1 atom stereocenters. The largest absolute Gasteiger partial charge is 0.402 e. The Morgan fingerprint density at radius 3 is 2.79 bits per heavy atom. The van der Waals surface area contributed by atoms with Crippen molar-refractivity contribution in [1.82, 2.24) is 0 Å². The number of hydrogen-bond acceptors (Lipinski definition) is 1. The van der Waals surface area contributed by atoms with Gasteiger partial charge in [0.2, 0.25) is 0 Å². The van der Waals surface area contributed by atoms with Gasteiger partial charge in [0.05, 0.1) is 0 Å². The molecule has 1 heteroatoms. The Morgan fingerprint density at radius 1 is 1.43 bits per heavy atom. The molecule has 0 radical (unpaired) electrons. The van der Waals surface area contributed by atoms with Crippen LogP contribution in [0.4, 0.5) is 0 Å². The van der Waals surface area contributed by atoms with Crippen LogP contribution in [-0.4, -0.2) is 0 Å². The van der Waals surface area contributed by atoms with E-state index in [0.717, 1.165) is 18.0 Å². The fourth-order valence-corrected chi connectivity index (χ4v) is 2.09. The Bertz CT molecular complexity index is 248. The molecule has 0 aromatic heterocycles. The van der Waals surface area contributed by atoms with E-state index in [1.165, 1.54) is 31.3 Å². The molecule has 0 amide bonds. The summed E-state index contributed by atoms with van der Waals surface area (Å²) in [6.07, 6.45) is 8.46. The molecule has 2 N–H and O–H groups in total. The van der Waals surface area contributed by atoms with Crippen molar-refractivity contribution in [3.63, 3.8) is 0 Å². The first-order valence-corrected chi connectivity index (χ1v) is 5.78. The smallest absolute Gasteiger partial charge is 0.0113 e. The van der Waals surface area contributed by atoms with Gasteiger partial charge in [-0.25, -0.2) is 0 Å². The molecule has 0 saturated carbocycles.